The zero-order valence-corrected chi connectivity index (χ0v) is 10.9. The fourth-order valence-electron chi connectivity index (χ4n) is 1.12. The SMILES string of the molecule is CCCOc1cccc([CH2][Mg][Br])c1. The normalized spacial score (nSPS) is 9.38. The quantitative estimate of drug-likeness (QED) is 0.733. The van der Waals surface area contributed by atoms with Gasteiger partial charge in [-0.3, -0.25) is 0 Å². The molecule has 0 aliphatic heterocycles. The molecule has 0 atom stereocenters. The van der Waals surface area contributed by atoms with Crippen molar-refractivity contribution in [2.24, 2.45) is 0 Å². The van der Waals surface area contributed by atoms with Crippen molar-refractivity contribution >= 4 is 31.1 Å². The van der Waals surface area contributed by atoms with Crippen LogP contribution in [0.4, 0.5) is 0 Å². The molecule has 0 fully saturated rings. The molecule has 0 saturated heterocycles. The first-order chi connectivity index (χ1) is 6.36. The molecule has 0 spiro atoms. The van der Waals surface area contributed by atoms with Crippen molar-refractivity contribution in [3.05, 3.63) is 29.8 Å². The van der Waals surface area contributed by atoms with Gasteiger partial charge in [-0.05, 0) is 18.6 Å². The summed E-state index contributed by atoms with van der Waals surface area (Å²) in [7, 11) is 0. The molecule has 0 aromatic heterocycles. The van der Waals surface area contributed by atoms with E-state index in [0.717, 1.165) is 18.8 Å². The van der Waals surface area contributed by atoms with E-state index in [1.54, 1.807) is 0 Å². The topological polar surface area (TPSA) is 9.23 Å². The van der Waals surface area contributed by atoms with E-state index < -0.39 is 0 Å². The summed E-state index contributed by atoms with van der Waals surface area (Å²) in [4.78, 5) is 0. The van der Waals surface area contributed by atoms with Crippen LogP contribution in [0, 0.1) is 0 Å². The van der Waals surface area contributed by atoms with E-state index in [0.29, 0.717) is 0 Å². The minimum Gasteiger partial charge on any atom is -0.494 e. The smallest absolute Gasteiger partial charge is 0.473 e. The summed E-state index contributed by atoms with van der Waals surface area (Å²) in [6, 6.07) is 8.39. The van der Waals surface area contributed by atoms with Crippen LogP contribution in [0.3, 0.4) is 0 Å². The molecule has 0 bridgehead atoms. The lowest BCUT2D eigenvalue weighted by molar-refractivity contribution is 0.317. The summed E-state index contributed by atoms with van der Waals surface area (Å²) < 4.78 is 6.74. The summed E-state index contributed by atoms with van der Waals surface area (Å²) in [5, 5.41) is 0. The molecule has 68 valence electrons. The third-order valence-corrected chi connectivity index (χ3v) is 3.71. The lowest BCUT2D eigenvalue weighted by atomic mass is 10.2. The van der Waals surface area contributed by atoms with Gasteiger partial charge in [0.1, 0.15) is 5.75 Å². The minimum atomic E-state index is -0.0625. The maximum Gasteiger partial charge on any atom is 0.473 e. The molecule has 1 aromatic rings. The maximum absolute atomic E-state index is 5.54. The van der Waals surface area contributed by atoms with Gasteiger partial charge >= 0.3 is 18.2 Å². The molecule has 0 amide bonds. The monoisotopic (exact) mass is 252 g/mol. The van der Waals surface area contributed by atoms with Crippen LogP contribution in [0.5, 0.6) is 5.75 Å². The highest BCUT2D eigenvalue weighted by atomic mass is 79.9. The number of hydrogen-bond donors (Lipinski definition) is 0. The Balaban J connectivity index is 2.56. The molecule has 0 N–H and O–H groups in total. The van der Waals surface area contributed by atoms with E-state index in [1.807, 2.05) is 6.07 Å². The summed E-state index contributed by atoms with van der Waals surface area (Å²) in [5.74, 6) is 1.01. The predicted molar refractivity (Wildman–Crippen MR) is 60.6 cm³/mol. The van der Waals surface area contributed by atoms with Gasteiger partial charge in [-0.15, -0.1) is 4.55 Å². The molecule has 0 unspecified atom stereocenters. The average molecular weight is 253 g/mol. The van der Waals surface area contributed by atoms with Gasteiger partial charge in [0.15, 0.2) is 0 Å². The first-order valence-electron chi connectivity index (χ1n) is 4.64. The first kappa shape index (κ1) is 11.3. The lowest BCUT2D eigenvalue weighted by Gasteiger charge is -2.05. The minimum absolute atomic E-state index is 0.0625. The molecule has 1 rings (SSSR count). The largest absolute Gasteiger partial charge is 0.494 e. The molecule has 0 radical (unpaired) electrons. The summed E-state index contributed by atoms with van der Waals surface area (Å²) in [6.45, 7) is 2.93. The van der Waals surface area contributed by atoms with Gasteiger partial charge in [0.2, 0.25) is 0 Å². The van der Waals surface area contributed by atoms with E-state index >= 15 is 0 Å². The van der Waals surface area contributed by atoms with Crippen LogP contribution in [0.15, 0.2) is 24.3 Å². The number of ether oxygens (including phenoxy) is 1. The maximum atomic E-state index is 5.54. The molecule has 3 heteroatoms. The van der Waals surface area contributed by atoms with Crippen LogP contribution in [0.2, 0.25) is 0 Å². The van der Waals surface area contributed by atoms with Crippen LogP contribution < -0.4 is 4.74 Å². The predicted octanol–water partition coefficient (Wildman–Crippen LogP) is 2.99. The van der Waals surface area contributed by atoms with E-state index in [1.165, 1.54) is 10.1 Å². The number of halogens is 1. The second-order valence-electron chi connectivity index (χ2n) is 2.93. The van der Waals surface area contributed by atoms with Crippen molar-refractivity contribution < 1.29 is 4.74 Å². The summed E-state index contributed by atoms with van der Waals surface area (Å²) in [5.41, 5.74) is 1.39. The van der Waals surface area contributed by atoms with Crippen molar-refractivity contribution in [1.29, 1.82) is 0 Å². The zero-order chi connectivity index (χ0) is 9.52. The summed E-state index contributed by atoms with van der Waals surface area (Å²) in [6.07, 6.45) is 1.07. The van der Waals surface area contributed by atoms with Gasteiger partial charge in [-0.2, -0.15) is 0 Å². The Bertz CT molecular complexity index is 252. The average Bonchev–Trinajstić information content (AvgIpc) is 2.16. The molecule has 13 heavy (non-hydrogen) atoms. The Morgan fingerprint density at radius 2 is 2.31 bits per heavy atom. The van der Waals surface area contributed by atoms with Crippen molar-refractivity contribution in [3.63, 3.8) is 0 Å². The second-order valence-corrected chi connectivity index (χ2v) is 6.19. The Morgan fingerprint density at radius 1 is 1.46 bits per heavy atom. The van der Waals surface area contributed by atoms with E-state index in [2.05, 4.69) is 38.0 Å². The van der Waals surface area contributed by atoms with Crippen molar-refractivity contribution in [2.45, 2.75) is 17.9 Å². The van der Waals surface area contributed by atoms with Gasteiger partial charge in [0, 0.05) is 0 Å². The molecule has 0 saturated carbocycles. The molecule has 1 aromatic carbocycles. The highest BCUT2D eigenvalue weighted by molar-refractivity contribution is 9.23. The second kappa shape index (κ2) is 6.68. The van der Waals surface area contributed by atoms with Gasteiger partial charge in [0.05, 0.1) is 6.61 Å². The van der Waals surface area contributed by atoms with E-state index in [9.17, 15) is 0 Å². The first-order valence-corrected chi connectivity index (χ1v) is 9.54. The van der Waals surface area contributed by atoms with Gasteiger partial charge in [-0.25, -0.2) is 0 Å². The van der Waals surface area contributed by atoms with Crippen LogP contribution in [-0.2, 0) is 4.55 Å². The van der Waals surface area contributed by atoms with E-state index in [4.69, 9.17) is 4.74 Å². The lowest BCUT2D eigenvalue weighted by Crippen LogP contribution is -1.96. The highest BCUT2D eigenvalue weighted by Crippen LogP contribution is 2.13. The van der Waals surface area contributed by atoms with Gasteiger partial charge < -0.3 is 17.6 Å². The number of rotatable bonds is 5. The Labute approximate surface area is 95.5 Å². The molecule has 1 nitrogen and oxygen atoms in total. The van der Waals surface area contributed by atoms with E-state index in [-0.39, 0.29) is 18.2 Å². The molecule has 0 heterocycles. The van der Waals surface area contributed by atoms with Gasteiger partial charge in [-0.1, -0.05) is 24.6 Å². The van der Waals surface area contributed by atoms with Crippen molar-refractivity contribution in [1.82, 2.24) is 0 Å². The molecular weight excluding hydrogens is 240 g/mol. The zero-order valence-electron chi connectivity index (χ0n) is 7.92. The third-order valence-electron chi connectivity index (χ3n) is 1.75. The summed E-state index contributed by atoms with van der Waals surface area (Å²) >= 11 is 3.50. The standard InChI is InChI=1S/C10H13O.BrH.Mg/c1-3-7-11-10-6-4-5-9(2)8-10;;/h4-6,8H,2-3,7H2,1H3;1H;/q;;+1/p-1. The van der Waals surface area contributed by atoms with Crippen LogP contribution in [0.25, 0.3) is 0 Å². The Hall–Kier alpha value is 0.266. The van der Waals surface area contributed by atoms with Crippen LogP contribution >= 0.6 is 12.9 Å². The third kappa shape index (κ3) is 4.34. The Morgan fingerprint density at radius 3 is 3.00 bits per heavy atom. The molecule has 0 aliphatic carbocycles. The highest BCUT2D eigenvalue weighted by Gasteiger charge is 1.97. The van der Waals surface area contributed by atoms with Crippen LogP contribution in [-0.4, -0.2) is 24.8 Å². The number of benzene rings is 1. The fraction of sp³-hybridized carbons (Fsp3) is 0.400. The van der Waals surface area contributed by atoms with Gasteiger partial charge in [0.25, 0.3) is 0 Å². The molecular formula is C10H13BrMgO. The van der Waals surface area contributed by atoms with Crippen molar-refractivity contribution in [2.75, 3.05) is 6.61 Å². The molecule has 0 aliphatic rings. The number of hydrogen-bond acceptors (Lipinski definition) is 1. The Kier molecular flexibility index (Phi) is 5.83. The fourth-order valence-corrected chi connectivity index (χ4v) is 3.02. The van der Waals surface area contributed by atoms with Crippen molar-refractivity contribution in [3.8, 4) is 5.75 Å². The van der Waals surface area contributed by atoms with Crippen LogP contribution in [0.1, 0.15) is 18.9 Å².